The molecule has 0 aliphatic carbocycles. The van der Waals surface area contributed by atoms with Crippen molar-refractivity contribution in [3.05, 3.63) is 113 Å². The highest BCUT2D eigenvalue weighted by atomic mass is 16.1. The average Bonchev–Trinajstić information content (AvgIpc) is 2.80. The van der Waals surface area contributed by atoms with Crippen LogP contribution in [0.3, 0.4) is 0 Å². The number of aromatic nitrogens is 2. The van der Waals surface area contributed by atoms with E-state index >= 15 is 0 Å². The number of hydrogen-bond donors (Lipinski definition) is 1. The fourth-order valence-corrected chi connectivity index (χ4v) is 3.86. The van der Waals surface area contributed by atoms with Crippen molar-refractivity contribution in [1.29, 1.82) is 0 Å². The molecular weight excluding hydrogens is 386 g/mol. The molecule has 5 rings (SSSR count). The number of amides is 1. The summed E-state index contributed by atoms with van der Waals surface area (Å²) in [6.07, 6.45) is 0. The molecule has 5 aromatic rings. The van der Waals surface area contributed by atoms with Crippen molar-refractivity contribution < 1.29 is 4.79 Å². The Morgan fingerprint density at radius 2 is 1.48 bits per heavy atom. The summed E-state index contributed by atoms with van der Waals surface area (Å²) >= 11 is 0. The number of aryl methyl sites for hydroxylation is 1. The van der Waals surface area contributed by atoms with Crippen molar-refractivity contribution in [2.45, 2.75) is 6.92 Å². The molecule has 1 amide bonds. The van der Waals surface area contributed by atoms with Gasteiger partial charge in [-0.05, 0) is 60.2 Å². The second kappa shape index (κ2) is 7.54. The number of fused-ring (bicyclic) bond motifs is 2. The van der Waals surface area contributed by atoms with E-state index in [0.29, 0.717) is 33.7 Å². The average molecular weight is 405 g/mol. The zero-order valence-electron chi connectivity index (χ0n) is 16.9. The summed E-state index contributed by atoms with van der Waals surface area (Å²) in [7, 11) is 0. The van der Waals surface area contributed by atoms with Crippen molar-refractivity contribution in [3.63, 3.8) is 0 Å². The Balaban J connectivity index is 1.47. The lowest BCUT2D eigenvalue weighted by Gasteiger charge is -2.12. The Morgan fingerprint density at radius 3 is 2.29 bits per heavy atom. The van der Waals surface area contributed by atoms with E-state index in [1.807, 2.05) is 79.7 Å². The summed E-state index contributed by atoms with van der Waals surface area (Å²) in [5.74, 6) is 0.432. The minimum atomic E-state index is -0.176. The Kier molecular flexibility index (Phi) is 4.56. The quantitative estimate of drug-likeness (QED) is 0.454. The third-order valence-electron chi connectivity index (χ3n) is 5.36. The van der Waals surface area contributed by atoms with Gasteiger partial charge in [0.2, 0.25) is 0 Å². The molecule has 1 aromatic heterocycles. The molecule has 0 aliphatic rings. The van der Waals surface area contributed by atoms with Crippen LogP contribution < -0.4 is 10.9 Å². The molecule has 5 nitrogen and oxygen atoms in total. The standard InChI is InChI=1S/C26H19N3O2/c1-17-27-24-12-5-4-10-23(24)26(31)29(17)20-15-13-19(14-16-20)28-25(30)22-11-6-8-18-7-2-3-9-21(18)22/h2-16H,1H3,(H,28,30). The molecule has 0 saturated carbocycles. The van der Waals surface area contributed by atoms with E-state index in [4.69, 9.17) is 0 Å². The number of nitrogens with one attached hydrogen (secondary N) is 1. The van der Waals surface area contributed by atoms with Gasteiger partial charge in [0.25, 0.3) is 11.5 Å². The number of nitrogens with zero attached hydrogens (tertiary/aromatic N) is 2. The van der Waals surface area contributed by atoms with E-state index in [0.717, 1.165) is 10.8 Å². The summed E-state index contributed by atoms with van der Waals surface area (Å²) in [6, 6.07) is 28.0. The number of benzene rings is 4. The van der Waals surface area contributed by atoms with Gasteiger partial charge in [-0.2, -0.15) is 0 Å². The third kappa shape index (κ3) is 3.36. The zero-order valence-corrected chi connectivity index (χ0v) is 16.9. The normalized spacial score (nSPS) is 11.0. The van der Waals surface area contributed by atoms with Crippen molar-refractivity contribution in [1.82, 2.24) is 9.55 Å². The molecule has 0 aliphatic heterocycles. The van der Waals surface area contributed by atoms with Crippen molar-refractivity contribution in [3.8, 4) is 5.69 Å². The van der Waals surface area contributed by atoms with E-state index in [-0.39, 0.29) is 11.5 Å². The molecule has 0 unspecified atom stereocenters. The molecule has 1 N–H and O–H groups in total. The highest BCUT2D eigenvalue weighted by molar-refractivity contribution is 6.12. The fraction of sp³-hybridized carbons (Fsp3) is 0.0385. The van der Waals surface area contributed by atoms with Gasteiger partial charge in [0, 0.05) is 11.3 Å². The molecule has 0 fully saturated rings. The topological polar surface area (TPSA) is 64.0 Å². The van der Waals surface area contributed by atoms with Gasteiger partial charge in [0.15, 0.2) is 0 Å². The molecule has 150 valence electrons. The first kappa shape index (κ1) is 18.8. The summed E-state index contributed by atoms with van der Waals surface area (Å²) in [5.41, 5.74) is 2.54. The maximum atomic E-state index is 13.0. The molecule has 4 aromatic carbocycles. The highest BCUT2D eigenvalue weighted by Crippen LogP contribution is 2.21. The van der Waals surface area contributed by atoms with E-state index < -0.39 is 0 Å². The van der Waals surface area contributed by atoms with E-state index in [9.17, 15) is 9.59 Å². The van der Waals surface area contributed by atoms with Crippen LogP contribution in [0.4, 0.5) is 5.69 Å². The molecule has 0 bridgehead atoms. The molecule has 0 saturated heterocycles. The monoisotopic (exact) mass is 405 g/mol. The highest BCUT2D eigenvalue weighted by Gasteiger charge is 2.12. The number of carbonyl (C=O) groups excluding carboxylic acids is 1. The Bertz CT molecular complexity index is 1500. The second-order valence-corrected chi connectivity index (χ2v) is 7.34. The predicted molar refractivity (Wildman–Crippen MR) is 124 cm³/mol. The Labute approximate surface area is 178 Å². The Hall–Kier alpha value is -4.25. The lowest BCUT2D eigenvalue weighted by Crippen LogP contribution is -2.22. The van der Waals surface area contributed by atoms with Crippen molar-refractivity contribution in [2.75, 3.05) is 5.32 Å². The summed E-state index contributed by atoms with van der Waals surface area (Å²) in [6.45, 7) is 1.81. The van der Waals surface area contributed by atoms with Crippen LogP contribution in [0.2, 0.25) is 0 Å². The summed E-state index contributed by atoms with van der Waals surface area (Å²) in [5, 5.41) is 5.44. The molecule has 0 spiro atoms. The lowest BCUT2D eigenvalue weighted by atomic mass is 10.0. The number of carbonyl (C=O) groups is 1. The smallest absolute Gasteiger partial charge is 0.265 e. The first-order valence-corrected chi connectivity index (χ1v) is 10.00. The van der Waals surface area contributed by atoms with Crippen LogP contribution in [-0.4, -0.2) is 15.5 Å². The SMILES string of the molecule is Cc1nc2ccccc2c(=O)n1-c1ccc(NC(=O)c2cccc3ccccc23)cc1. The number of anilines is 1. The molecular formula is C26H19N3O2. The number of hydrogen-bond acceptors (Lipinski definition) is 3. The number of para-hydroxylation sites is 1. The fourth-order valence-electron chi connectivity index (χ4n) is 3.86. The van der Waals surface area contributed by atoms with Gasteiger partial charge in [-0.25, -0.2) is 4.98 Å². The predicted octanol–water partition coefficient (Wildman–Crippen LogP) is 5.10. The maximum absolute atomic E-state index is 13.0. The van der Waals surface area contributed by atoms with Crippen LogP contribution in [0.5, 0.6) is 0 Å². The van der Waals surface area contributed by atoms with Gasteiger partial charge in [-0.1, -0.05) is 48.5 Å². The minimum Gasteiger partial charge on any atom is -0.322 e. The lowest BCUT2D eigenvalue weighted by molar-refractivity contribution is 0.102. The third-order valence-corrected chi connectivity index (χ3v) is 5.36. The zero-order chi connectivity index (χ0) is 21.4. The van der Waals surface area contributed by atoms with E-state index in [2.05, 4.69) is 10.3 Å². The van der Waals surface area contributed by atoms with E-state index in [1.165, 1.54) is 0 Å². The molecule has 5 heteroatoms. The van der Waals surface area contributed by atoms with Gasteiger partial charge in [0.05, 0.1) is 16.6 Å². The van der Waals surface area contributed by atoms with Crippen molar-refractivity contribution >= 4 is 33.3 Å². The molecule has 0 radical (unpaired) electrons. The van der Waals surface area contributed by atoms with Crippen LogP contribution in [0, 0.1) is 6.92 Å². The largest absolute Gasteiger partial charge is 0.322 e. The van der Waals surface area contributed by atoms with Crippen LogP contribution in [0.1, 0.15) is 16.2 Å². The van der Waals surface area contributed by atoms with Gasteiger partial charge in [-0.3, -0.25) is 14.2 Å². The minimum absolute atomic E-state index is 0.115. The van der Waals surface area contributed by atoms with Crippen LogP contribution >= 0.6 is 0 Å². The van der Waals surface area contributed by atoms with Gasteiger partial charge < -0.3 is 5.32 Å². The summed E-state index contributed by atoms with van der Waals surface area (Å²) < 4.78 is 1.58. The maximum Gasteiger partial charge on any atom is 0.265 e. The Morgan fingerprint density at radius 1 is 0.806 bits per heavy atom. The second-order valence-electron chi connectivity index (χ2n) is 7.34. The molecule has 0 atom stereocenters. The van der Waals surface area contributed by atoms with Gasteiger partial charge >= 0.3 is 0 Å². The van der Waals surface area contributed by atoms with Gasteiger partial charge in [-0.15, -0.1) is 0 Å². The molecule has 31 heavy (non-hydrogen) atoms. The van der Waals surface area contributed by atoms with E-state index in [1.54, 1.807) is 22.8 Å². The van der Waals surface area contributed by atoms with Crippen LogP contribution in [-0.2, 0) is 0 Å². The van der Waals surface area contributed by atoms with Crippen LogP contribution in [0.15, 0.2) is 95.8 Å². The van der Waals surface area contributed by atoms with Crippen molar-refractivity contribution in [2.24, 2.45) is 0 Å². The number of rotatable bonds is 3. The van der Waals surface area contributed by atoms with Crippen LogP contribution in [0.25, 0.3) is 27.4 Å². The molecule has 1 heterocycles. The van der Waals surface area contributed by atoms with Gasteiger partial charge in [0.1, 0.15) is 5.82 Å². The summed E-state index contributed by atoms with van der Waals surface area (Å²) in [4.78, 5) is 30.4. The first-order chi connectivity index (χ1) is 15.1. The first-order valence-electron chi connectivity index (χ1n) is 10.00.